The SMILES string of the molecule is CCc1c(O)c2c(c(O)c1O[C@H]1O[C@@H](COC(C)=O)[C@H](OC(C)=O)[C@@H](OC(C)=O)[C@@H]1OC(C)=O)C(=O)C(O[C@@H]1O[C@H](COC(C)=O)[C@@H](OC(C)=O)[C@H](OC(C)=O)[C@H]1OC(C)=O)=C(O[C@@H]1O[C@H](COC(C)=O)[C@@H](OC(C)=O)[C@H](OC(C)=O)[C@H]1OC(C)=O)C2=O. The molecule has 1 aliphatic carbocycles. The molecule has 1 aromatic rings. The van der Waals surface area contributed by atoms with Gasteiger partial charge in [-0.3, -0.25) is 67.1 Å². The summed E-state index contributed by atoms with van der Waals surface area (Å²) in [6.45, 7) is 9.63. The molecule has 34 heteroatoms. The highest BCUT2D eigenvalue weighted by Crippen LogP contribution is 2.50. The molecule has 88 heavy (non-hydrogen) atoms. The molecule has 0 aromatic heterocycles. The first-order valence-corrected chi connectivity index (χ1v) is 26.5. The minimum atomic E-state index is -2.46. The fraction of sp³-hybridized carbons (Fsp3) is 0.593. The van der Waals surface area contributed by atoms with Crippen LogP contribution in [0.2, 0.25) is 0 Å². The highest BCUT2D eigenvalue weighted by atomic mass is 16.8. The van der Waals surface area contributed by atoms with Gasteiger partial charge in [-0.1, -0.05) is 6.92 Å². The van der Waals surface area contributed by atoms with E-state index in [0.717, 1.165) is 83.1 Å². The average molecular weight is 1260 g/mol. The van der Waals surface area contributed by atoms with Gasteiger partial charge in [-0.25, -0.2) is 0 Å². The van der Waals surface area contributed by atoms with Crippen LogP contribution in [0.15, 0.2) is 11.5 Å². The predicted molar refractivity (Wildman–Crippen MR) is 274 cm³/mol. The van der Waals surface area contributed by atoms with Gasteiger partial charge < -0.3 is 95.5 Å². The standard InChI is InChI=1S/C54H64O34/c1-14-30-36(67)34-35(37(68)40(30)86-52-49(80-27(11)64)46(77-24(8)61)41(74-21(5)58)31(83-52)15-71-18(2)55)39(70)45(88-54-51(82-29(13)66)48(79-26(10)63)43(76-23(7)60)33(85-54)17-73-20(4)57)44(38(34)69)87-53-50(81-28(12)65)47(78-25(9)62)42(75-22(6)59)32(84-53)16-72-19(3)56/h31-33,41-43,46-54,67-68H,14-17H2,1-13H3/t31-,32+,33+,41-,42+,43+,46+,47-,48-,49-,50+,51+,52+,53-,54-/m0/s1. The summed E-state index contributed by atoms with van der Waals surface area (Å²) in [5.74, 6) is -22.8. The molecule has 0 saturated carbocycles. The Labute approximate surface area is 498 Å². The van der Waals surface area contributed by atoms with Crippen LogP contribution in [-0.4, -0.2) is 205 Å². The van der Waals surface area contributed by atoms with Gasteiger partial charge in [0.1, 0.15) is 43.9 Å². The van der Waals surface area contributed by atoms with Crippen molar-refractivity contribution in [1.82, 2.24) is 0 Å². The highest BCUT2D eigenvalue weighted by molar-refractivity contribution is 6.28. The summed E-state index contributed by atoms with van der Waals surface area (Å²) < 4.78 is 101. The molecule has 0 amide bonds. The van der Waals surface area contributed by atoms with Gasteiger partial charge in [0, 0.05) is 88.6 Å². The van der Waals surface area contributed by atoms with Crippen LogP contribution in [0, 0.1) is 0 Å². The van der Waals surface area contributed by atoms with Crippen molar-refractivity contribution < 1.29 is 163 Å². The van der Waals surface area contributed by atoms with E-state index in [0.29, 0.717) is 0 Å². The number of esters is 12. The van der Waals surface area contributed by atoms with Crippen molar-refractivity contribution in [1.29, 1.82) is 0 Å². The maximum atomic E-state index is 15.7. The molecule has 4 aliphatic rings. The molecule has 0 radical (unpaired) electrons. The minimum absolute atomic E-state index is 0.484. The van der Waals surface area contributed by atoms with E-state index in [2.05, 4.69) is 0 Å². The van der Waals surface area contributed by atoms with E-state index in [1.54, 1.807) is 0 Å². The number of ether oxygens (including phenoxy) is 18. The van der Waals surface area contributed by atoms with Gasteiger partial charge in [-0.15, -0.1) is 0 Å². The summed E-state index contributed by atoms with van der Waals surface area (Å²) in [5, 5.41) is 24.9. The minimum Gasteiger partial charge on any atom is -0.507 e. The number of phenolic OH excluding ortho intramolecular Hbond substituents is 2. The lowest BCUT2D eigenvalue weighted by Crippen LogP contribution is -2.63. The van der Waals surface area contributed by atoms with Crippen LogP contribution in [0.4, 0.5) is 0 Å². The Morgan fingerprint density at radius 3 is 0.830 bits per heavy atom. The van der Waals surface area contributed by atoms with Gasteiger partial charge in [0.05, 0.1) is 11.1 Å². The Kier molecular flexibility index (Phi) is 23.7. The lowest BCUT2D eigenvalue weighted by atomic mass is 9.87. The number of hydrogen-bond donors (Lipinski definition) is 2. The molecule has 3 heterocycles. The molecule has 0 unspecified atom stereocenters. The Bertz CT molecular complexity index is 2980. The molecule has 484 valence electrons. The molecular formula is C54H64O34. The van der Waals surface area contributed by atoms with Crippen molar-refractivity contribution in [3.8, 4) is 17.2 Å². The number of aromatic hydroxyl groups is 2. The summed E-state index contributed by atoms with van der Waals surface area (Å²) in [6, 6.07) is 0. The molecule has 2 N–H and O–H groups in total. The third-order valence-corrected chi connectivity index (χ3v) is 12.5. The van der Waals surface area contributed by atoms with Gasteiger partial charge >= 0.3 is 71.6 Å². The van der Waals surface area contributed by atoms with Crippen LogP contribution in [0.25, 0.3) is 0 Å². The predicted octanol–water partition coefficient (Wildman–Crippen LogP) is -0.0879. The Morgan fingerprint density at radius 2 is 0.580 bits per heavy atom. The van der Waals surface area contributed by atoms with Crippen LogP contribution >= 0.6 is 0 Å². The monoisotopic (exact) mass is 1260 g/mol. The average Bonchev–Trinajstić information content (AvgIpc) is 1.11. The van der Waals surface area contributed by atoms with Crippen LogP contribution < -0.4 is 4.74 Å². The Hall–Kier alpha value is -9.18. The first kappa shape index (κ1) is 69.6. The molecule has 0 spiro atoms. The smallest absolute Gasteiger partial charge is 0.303 e. The van der Waals surface area contributed by atoms with E-state index >= 15 is 9.59 Å². The third kappa shape index (κ3) is 17.3. The highest BCUT2D eigenvalue weighted by Gasteiger charge is 2.59. The molecule has 5 rings (SSSR count). The number of hydrogen-bond acceptors (Lipinski definition) is 34. The zero-order valence-electron chi connectivity index (χ0n) is 49.4. The summed E-state index contributed by atoms with van der Waals surface area (Å²) in [4.78, 5) is 182. The van der Waals surface area contributed by atoms with E-state index < -0.39 is 247 Å². The summed E-state index contributed by atoms with van der Waals surface area (Å²) in [5.41, 5.74) is -3.02. The van der Waals surface area contributed by atoms with E-state index in [1.807, 2.05) is 0 Å². The van der Waals surface area contributed by atoms with Gasteiger partial charge in [0.2, 0.25) is 60.3 Å². The third-order valence-electron chi connectivity index (χ3n) is 12.5. The summed E-state index contributed by atoms with van der Waals surface area (Å²) in [6.07, 6.45) is -30.7. The van der Waals surface area contributed by atoms with E-state index in [-0.39, 0.29) is 0 Å². The van der Waals surface area contributed by atoms with Crippen molar-refractivity contribution in [2.75, 3.05) is 19.8 Å². The van der Waals surface area contributed by atoms with Crippen LogP contribution in [0.3, 0.4) is 0 Å². The number of carbonyl (C=O) groups is 14. The normalized spacial score (nSPS) is 27.3. The van der Waals surface area contributed by atoms with Gasteiger partial charge in [0.15, 0.2) is 48.1 Å². The number of fused-ring (bicyclic) bond motifs is 1. The fourth-order valence-corrected chi connectivity index (χ4v) is 9.50. The number of Topliss-reactive ketones (excluding diaryl/α,β-unsaturated/α-hetero) is 2. The molecule has 3 saturated heterocycles. The molecule has 15 atom stereocenters. The first-order valence-electron chi connectivity index (χ1n) is 26.5. The van der Waals surface area contributed by atoms with Gasteiger partial charge in [0.25, 0.3) is 0 Å². The van der Waals surface area contributed by atoms with Crippen LogP contribution in [0.1, 0.15) is 116 Å². The van der Waals surface area contributed by atoms with E-state index in [4.69, 9.17) is 85.3 Å². The zero-order valence-corrected chi connectivity index (χ0v) is 49.4. The molecule has 34 nitrogen and oxygen atoms in total. The summed E-state index contributed by atoms with van der Waals surface area (Å²) >= 11 is 0. The molecule has 1 aromatic carbocycles. The number of phenols is 2. The fourth-order valence-electron chi connectivity index (χ4n) is 9.50. The quantitative estimate of drug-likeness (QED) is 0.0870. The topological polar surface area (TPSA) is 446 Å². The lowest BCUT2D eigenvalue weighted by molar-refractivity contribution is -0.304. The van der Waals surface area contributed by atoms with Crippen LogP contribution in [0.5, 0.6) is 17.2 Å². The lowest BCUT2D eigenvalue weighted by Gasteiger charge is -2.45. The second-order valence-corrected chi connectivity index (χ2v) is 19.5. The van der Waals surface area contributed by atoms with Gasteiger partial charge in [-0.2, -0.15) is 0 Å². The second-order valence-electron chi connectivity index (χ2n) is 19.5. The molecule has 0 bridgehead atoms. The van der Waals surface area contributed by atoms with Crippen molar-refractivity contribution in [3.63, 3.8) is 0 Å². The zero-order chi connectivity index (χ0) is 65.9. The second kappa shape index (κ2) is 30.0. The molecule has 3 aliphatic heterocycles. The Morgan fingerprint density at radius 1 is 0.341 bits per heavy atom. The number of rotatable bonds is 22. The number of benzene rings is 1. The van der Waals surface area contributed by atoms with Crippen molar-refractivity contribution in [3.05, 3.63) is 28.2 Å². The van der Waals surface area contributed by atoms with Crippen molar-refractivity contribution in [2.45, 2.75) is 189 Å². The first-order chi connectivity index (χ1) is 41.1. The largest absolute Gasteiger partial charge is 0.507 e. The molecule has 3 fully saturated rings. The maximum absolute atomic E-state index is 15.7. The summed E-state index contributed by atoms with van der Waals surface area (Å²) in [7, 11) is 0. The molecular weight excluding hydrogens is 1190 g/mol. The van der Waals surface area contributed by atoms with Crippen molar-refractivity contribution in [2.24, 2.45) is 0 Å². The number of carbonyl (C=O) groups excluding carboxylic acids is 14. The Balaban J connectivity index is 1.87. The van der Waals surface area contributed by atoms with E-state index in [1.165, 1.54) is 6.92 Å². The number of allylic oxidation sites excluding steroid dienone is 2. The number of ketones is 2. The van der Waals surface area contributed by atoms with E-state index in [9.17, 15) is 67.7 Å². The maximum Gasteiger partial charge on any atom is 0.303 e. The van der Waals surface area contributed by atoms with Crippen molar-refractivity contribution >= 4 is 83.2 Å². The van der Waals surface area contributed by atoms with Crippen LogP contribution in [-0.2, 0) is 144 Å². The van der Waals surface area contributed by atoms with Gasteiger partial charge in [-0.05, 0) is 6.42 Å².